The molecule has 2 aromatic rings. The zero-order chi connectivity index (χ0) is 12.1. The zero-order valence-electron chi connectivity index (χ0n) is 10.1. The molecule has 0 spiro atoms. The monoisotopic (exact) mass is 268 g/mol. The highest BCUT2D eigenvalue weighted by molar-refractivity contribution is 7.15. The molecule has 0 saturated heterocycles. The van der Waals surface area contributed by atoms with Crippen molar-refractivity contribution in [2.75, 3.05) is 13.1 Å². The van der Waals surface area contributed by atoms with Gasteiger partial charge in [-0.25, -0.2) is 4.98 Å². The minimum absolute atomic E-state index is 0.938. The van der Waals surface area contributed by atoms with Gasteiger partial charge >= 0.3 is 0 Å². The van der Waals surface area contributed by atoms with E-state index in [2.05, 4.69) is 27.4 Å². The van der Waals surface area contributed by atoms with Crippen LogP contribution in [0.15, 0.2) is 5.38 Å². The van der Waals surface area contributed by atoms with Crippen LogP contribution < -0.4 is 5.32 Å². The minimum atomic E-state index is 0.938. The largest absolute Gasteiger partial charge is 0.317 e. The molecule has 92 valence electrons. The first kappa shape index (κ1) is 12.6. The smallest absolute Gasteiger partial charge is 0.167 e. The Morgan fingerprint density at radius 1 is 1.35 bits per heavy atom. The van der Waals surface area contributed by atoms with Crippen LogP contribution in [-0.2, 0) is 6.42 Å². The highest BCUT2D eigenvalue weighted by Crippen LogP contribution is 2.25. The van der Waals surface area contributed by atoms with Crippen LogP contribution in [0, 0.1) is 6.92 Å². The number of aryl methyl sites for hydroxylation is 2. The van der Waals surface area contributed by atoms with Crippen molar-refractivity contribution >= 4 is 22.7 Å². The number of nitrogens with zero attached hydrogens (tertiary/aromatic N) is 3. The Morgan fingerprint density at radius 2 is 2.24 bits per heavy atom. The molecule has 0 bridgehead atoms. The van der Waals surface area contributed by atoms with Gasteiger partial charge in [0.2, 0.25) is 0 Å². The molecule has 17 heavy (non-hydrogen) atoms. The first-order valence-electron chi connectivity index (χ1n) is 5.75. The lowest BCUT2D eigenvalue weighted by molar-refractivity contribution is 0.669. The number of hydrogen-bond acceptors (Lipinski definition) is 6. The van der Waals surface area contributed by atoms with Crippen molar-refractivity contribution in [2.45, 2.75) is 26.7 Å². The summed E-state index contributed by atoms with van der Waals surface area (Å²) in [5, 5.41) is 16.9. The lowest BCUT2D eigenvalue weighted by Gasteiger charge is -1.97. The van der Waals surface area contributed by atoms with Gasteiger partial charge in [-0.05, 0) is 26.4 Å². The van der Waals surface area contributed by atoms with Crippen molar-refractivity contribution in [3.8, 4) is 10.7 Å². The van der Waals surface area contributed by atoms with Crippen LogP contribution in [0.1, 0.15) is 23.4 Å². The third kappa shape index (κ3) is 3.55. The molecule has 0 atom stereocenters. The third-order valence-corrected chi connectivity index (χ3v) is 4.08. The third-order valence-electron chi connectivity index (χ3n) is 2.30. The summed E-state index contributed by atoms with van der Waals surface area (Å²) in [6.45, 7) is 6.20. The zero-order valence-corrected chi connectivity index (χ0v) is 11.7. The molecule has 0 aliphatic rings. The molecule has 0 radical (unpaired) electrons. The van der Waals surface area contributed by atoms with Crippen molar-refractivity contribution in [1.29, 1.82) is 0 Å². The summed E-state index contributed by atoms with van der Waals surface area (Å²) >= 11 is 3.30. The van der Waals surface area contributed by atoms with Crippen LogP contribution in [0.25, 0.3) is 10.7 Å². The molecular formula is C11H16N4S2. The van der Waals surface area contributed by atoms with Gasteiger partial charge in [0.25, 0.3) is 0 Å². The standard InChI is InChI=1S/C11H16N4S2/c1-3-12-6-4-5-10-14-15-11(17-10)9-7-16-8(2)13-9/h7,12H,3-6H2,1-2H3. The number of thiazole rings is 1. The Labute approximate surface area is 109 Å². The first-order valence-corrected chi connectivity index (χ1v) is 7.45. The fourth-order valence-electron chi connectivity index (χ4n) is 1.46. The molecule has 6 heteroatoms. The predicted molar refractivity (Wildman–Crippen MR) is 72.6 cm³/mol. The molecule has 0 amide bonds. The second kappa shape index (κ2) is 6.18. The van der Waals surface area contributed by atoms with Crippen LogP contribution in [0.5, 0.6) is 0 Å². The van der Waals surface area contributed by atoms with E-state index in [1.807, 2.05) is 12.3 Å². The summed E-state index contributed by atoms with van der Waals surface area (Å²) < 4.78 is 0. The van der Waals surface area contributed by atoms with E-state index in [1.165, 1.54) is 0 Å². The molecule has 1 N–H and O–H groups in total. The second-order valence-electron chi connectivity index (χ2n) is 3.71. The quantitative estimate of drug-likeness (QED) is 0.818. The molecular weight excluding hydrogens is 252 g/mol. The summed E-state index contributed by atoms with van der Waals surface area (Å²) in [6.07, 6.45) is 2.10. The van der Waals surface area contributed by atoms with Gasteiger partial charge in [-0.3, -0.25) is 0 Å². The average molecular weight is 268 g/mol. The maximum absolute atomic E-state index is 4.42. The van der Waals surface area contributed by atoms with Gasteiger partial charge in [0, 0.05) is 11.8 Å². The van der Waals surface area contributed by atoms with Crippen molar-refractivity contribution in [1.82, 2.24) is 20.5 Å². The van der Waals surface area contributed by atoms with E-state index in [0.29, 0.717) is 0 Å². The van der Waals surface area contributed by atoms with Crippen molar-refractivity contribution in [3.63, 3.8) is 0 Å². The van der Waals surface area contributed by atoms with E-state index in [4.69, 9.17) is 0 Å². The fraction of sp³-hybridized carbons (Fsp3) is 0.545. The maximum Gasteiger partial charge on any atom is 0.167 e. The SMILES string of the molecule is CCNCCCc1nnc(-c2csc(C)n2)s1. The minimum Gasteiger partial charge on any atom is -0.317 e. The Morgan fingerprint density at radius 3 is 2.94 bits per heavy atom. The van der Waals surface area contributed by atoms with Gasteiger partial charge in [0.1, 0.15) is 10.7 Å². The Kier molecular flexibility index (Phi) is 4.58. The summed E-state index contributed by atoms with van der Waals surface area (Å²) in [6, 6.07) is 0. The van der Waals surface area contributed by atoms with E-state index in [0.717, 1.165) is 46.6 Å². The summed E-state index contributed by atoms with van der Waals surface area (Å²) in [5.74, 6) is 0. The molecule has 4 nitrogen and oxygen atoms in total. The Balaban J connectivity index is 1.92. The highest BCUT2D eigenvalue weighted by Gasteiger charge is 2.08. The molecule has 0 fully saturated rings. The highest BCUT2D eigenvalue weighted by atomic mass is 32.1. The molecule has 0 saturated carbocycles. The normalized spacial score (nSPS) is 10.9. The van der Waals surface area contributed by atoms with E-state index < -0.39 is 0 Å². The van der Waals surface area contributed by atoms with Crippen molar-refractivity contribution in [3.05, 3.63) is 15.4 Å². The lowest BCUT2D eigenvalue weighted by atomic mass is 10.3. The molecule has 0 unspecified atom stereocenters. The van der Waals surface area contributed by atoms with Gasteiger partial charge in [-0.1, -0.05) is 18.3 Å². The second-order valence-corrected chi connectivity index (χ2v) is 5.83. The summed E-state index contributed by atoms with van der Waals surface area (Å²) in [5.41, 5.74) is 0.961. The van der Waals surface area contributed by atoms with Crippen LogP contribution in [0.2, 0.25) is 0 Å². The molecule has 0 aromatic carbocycles. The predicted octanol–water partition coefficient (Wildman–Crippen LogP) is 2.51. The lowest BCUT2D eigenvalue weighted by Crippen LogP contribution is -2.14. The van der Waals surface area contributed by atoms with E-state index in [9.17, 15) is 0 Å². The van der Waals surface area contributed by atoms with E-state index >= 15 is 0 Å². The summed E-state index contributed by atoms with van der Waals surface area (Å²) in [7, 11) is 0. The summed E-state index contributed by atoms with van der Waals surface area (Å²) in [4.78, 5) is 4.42. The first-order chi connectivity index (χ1) is 8.29. The molecule has 2 rings (SSSR count). The van der Waals surface area contributed by atoms with Gasteiger partial charge in [-0.2, -0.15) is 0 Å². The maximum atomic E-state index is 4.42. The van der Waals surface area contributed by atoms with E-state index in [1.54, 1.807) is 22.7 Å². The van der Waals surface area contributed by atoms with Crippen molar-refractivity contribution in [2.24, 2.45) is 0 Å². The van der Waals surface area contributed by atoms with Crippen LogP contribution in [-0.4, -0.2) is 28.3 Å². The number of hydrogen-bond donors (Lipinski definition) is 1. The number of rotatable bonds is 6. The fourth-order valence-corrected chi connectivity index (χ4v) is 2.98. The Hall–Kier alpha value is -0.850. The molecule has 2 aromatic heterocycles. The van der Waals surface area contributed by atoms with Gasteiger partial charge < -0.3 is 5.32 Å². The van der Waals surface area contributed by atoms with Crippen molar-refractivity contribution < 1.29 is 0 Å². The average Bonchev–Trinajstić information content (AvgIpc) is 2.93. The van der Waals surface area contributed by atoms with Crippen LogP contribution in [0.4, 0.5) is 0 Å². The van der Waals surface area contributed by atoms with Gasteiger partial charge in [0.15, 0.2) is 5.01 Å². The number of nitrogens with one attached hydrogen (secondary N) is 1. The van der Waals surface area contributed by atoms with Gasteiger partial charge in [0.05, 0.1) is 5.01 Å². The molecule has 0 aliphatic carbocycles. The van der Waals surface area contributed by atoms with Gasteiger partial charge in [-0.15, -0.1) is 21.5 Å². The molecule has 0 aliphatic heterocycles. The van der Waals surface area contributed by atoms with E-state index in [-0.39, 0.29) is 0 Å². The Bertz CT molecular complexity index is 463. The van der Waals surface area contributed by atoms with Crippen LogP contribution in [0.3, 0.4) is 0 Å². The molecule has 2 heterocycles. The van der Waals surface area contributed by atoms with Crippen LogP contribution >= 0.6 is 22.7 Å². The number of aromatic nitrogens is 3. The topological polar surface area (TPSA) is 50.7 Å².